The van der Waals surface area contributed by atoms with Crippen molar-refractivity contribution in [2.75, 3.05) is 0 Å². The fourth-order valence-electron chi connectivity index (χ4n) is 2.36. The van der Waals surface area contributed by atoms with Gasteiger partial charge in [0.15, 0.2) is 0 Å². The van der Waals surface area contributed by atoms with E-state index in [9.17, 15) is 5.11 Å². The second-order valence-electron chi connectivity index (χ2n) is 6.28. The quantitative estimate of drug-likeness (QED) is 0.718. The monoisotopic (exact) mass is 293 g/mol. The lowest BCUT2D eigenvalue weighted by molar-refractivity contribution is 0.408. The van der Waals surface area contributed by atoms with Crippen LogP contribution in [0.25, 0.3) is 11.0 Å². The molecule has 0 saturated carbocycles. The van der Waals surface area contributed by atoms with Gasteiger partial charge in [-0.25, -0.2) is 4.98 Å². The molecule has 0 bridgehead atoms. The summed E-state index contributed by atoms with van der Waals surface area (Å²) in [4.78, 5) is 8.88. The molecule has 4 nitrogen and oxygen atoms in total. The molecule has 0 amide bonds. The number of benzene rings is 2. The number of aromatic hydroxyl groups is 1. The summed E-state index contributed by atoms with van der Waals surface area (Å²) < 4.78 is 2.15. The minimum absolute atomic E-state index is 0.00460. The molecule has 22 heavy (non-hydrogen) atoms. The highest BCUT2D eigenvalue weighted by atomic mass is 16.3. The Bertz CT molecular complexity index is 841. The summed E-state index contributed by atoms with van der Waals surface area (Å²) in [5.74, 6) is 0.226. The standard InChI is InChI=1S/C18H19N3O/c1-18(2,3)21-12-20-15-10-14(8-9-16(15)21)19-11-13-6-4-5-7-17(13)22/h4-12,22H,1-3H3. The van der Waals surface area contributed by atoms with Crippen LogP contribution in [-0.4, -0.2) is 20.9 Å². The van der Waals surface area contributed by atoms with Gasteiger partial charge in [-0.2, -0.15) is 0 Å². The van der Waals surface area contributed by atoms with Crippen molar-refractivity contribution in [3.05, 3.63) is 54.4 Å². The van der Waals surface area contributed by atoms with Gasteiger partial charge in [0, 0.05) is 17.3 Å². The number of para-hydroxylation sites is 1. The smallest absolute Gasteiger partial charge is 0.124 e. The van der Waals surface area contributed by atoms with E-state index in [1.54, 1.807) is 18.3 Å². The van der Waals surface area contributed by atoms with Gasteiger partial charge in [-0.1, -0.05) is 12.1 Å². The van der Waals surface area contributed by atoms with Gasteiger partial charge in [0.05, 0.1) is 23.0 Å². The molecular formula is C18H19N3O. The lowest BCUT2D eigenvalue weighted by Crippen LogP contribution is -2.20. The number of nitrogens with zero attached hydrogens (tertiary/aromatic N) is 3. The van der Waals surface area contributed by atoms with Crippen LogP contribution in [0.1, 0.15) is 26.3 Å². The van der Waals surface area contributed by atoms with Crippen molar-refractivity contribution in [2.45, 2.75) is 26.3 Å². The van der Waals surface area contributed by atoms with E-state index < -0.39 is 0 Å². The van der Waals surface area contributed by atoms with Gasteiger partial charge >= 0.3 is 0 Å². The number of imidazole rings is 1. The van der Waals surface area contributed by atoms with Crippen molar-refractivity contribution in [2.24, 2.45) is 4.99 Å². The topological polar surface area (TPSA) is 50.4 Å². The maximum atomic E-state index is 9.75. The minimum Gasteiger partial charge on any atom is -0.507 e. The fourth-order valence-corrected chi connectivity index (χ4v) is 2.36. The van der Waals surface area contributed by atoms with Gasteiger partial charge in [-0.3, -0.25) is 4.99 Å². The molecule has 0 aliphatic heterocycles. The molecule has 0 aliphatic carbocycles. The number of aliphatic imine (C=N–C) groups is 1. The maximum absolute atomic E-state index is 9.75. The van der Waals surface area contributed by atoms with Crippen molar-refractivity contribution in [1.82, 2.24) is 9.55 Å². The van der Waals surface area contributed by atoms with E-state index in [0.717, 1.165) is 16.7 Å². The number of fused-ring (bicyclic) bond motifs is 1. The summed E-state index contributed by atoms with van der Waals surface area (Å²) in [7, 11) is 0. The fraction of sp³-hybridized carbons (Fsp3) is 0.222. The molecular weight excluding hydrogens is 274 g/mol. The Balaban J connectivity index is 1.95. The number of rotatable bonds is 2. The number of hydrogen-bond donors (Lipinski definition) is 1. The predicted molar refractivity (Wildman–Crippen MR) is 90.1 cm³/mol. The predicted octanol–water partition coefficient (Wildman–Crippen LogP) is 4.25. The molecule has 0 atom stereocenters. The van der Waals surface area contributed by atoms with E-state index in [1.165, 1.54) is 0 Å². The van der Waals surface area contributed by atoms with E-state index >= 15 is 0 Å². The van der Waals surface area contributed by atoms with Gasteiger partial charge in [0.1, 0.15) is 5.75 Å². The Morgan fingerprint density at radius 3 is 2.64 bits per heavy atom. The Hall–Kier alpha value is -2.62. The number of hydrogen-bond acceptors (Lipinski definition) is 3. The number of phenols is 1. The average molecular weight is 293 g/mol. The van der Waals surface area contributed by atoms with Gasteiger partial charge in [0.2, 0.25) is 0 Å². The molecule has 1 heterocycles. The zero-order valence-electron chi connectivity index (χ0n) is 13.0. The molecule has 3 rings (SSSR count). The third-order valence-electron chi connectivity index (χ3n) is 3.54. The van der Waals surface area contributed by atoms with Crippen LogP contribution in [0, 0.1) is 0 Å². The second-order valence-corrected chi connectivity index (χ2v) is 6.28. The van der Waals surface area contributed by atoms with Gasteiger partial charge < -0.3 is 9.67 Å². The number of phenolic OH excluding ortho intramolecular Hbond substituents is 1. The van der Waals surface area contributed by atoms with E-state index in [-0.39, 0.29) is 11.3 Å². The maximum Gasteiger partial charge on any atom is 0.124 e. The first-order valence-corrected chi connectivity index (χ1v) is 7.25. The van der Waals surface area contributed by atoms with Crippen molar-refractivity contribution >= 4 is 22.9 Å². The third kappa shape index (κ3) is 2.72. The highest BCUT2D eigenvalue weighted by molar-refractivity contribution is 5.87. The van der Waals surface area contributed by atoms with Crippen molar-refractivity contribution in [1.29, 1.82) is 0 Å². The molecule has 2 aromatic carbocycles. The van der Waals surface area contributed by atoms with Crippen LogP contribution in [0.5, 0.6) is 5.75 Å². The minimum atomic E-state index is -0.00460. The van der Waals surface area contributed by atoms with Gasteiger partial charge in [-0.15, -0.1) is 0 Å². The van der Waals surface area contributed by atoms with Crippen LogP contribution in [0.4, 0.5) is 5.69 Å². The van der Waals surface area contributed by atoms with E-state index in [2.05, 4.69) is 35.3 Å². The van der Waals surface area contributed by atoms with Crippen LogP contribution in [0.2, 0.25) is 0 Å². The molecule has 3 aromatic rings. The summed E-state index contributed by atoms with van der Waals surface area (Å²) >= 11 is 0. The van der Waals surface area contributed by atoms with Gasteiger partial charge in [0.25, 0.3) is 0 Å². The summed E-state index contributed by atoms with van der Waals surface area (Å²) in [6, 6.07) is 13.1. The Labute approximate surface area is 129 Å². The lowest BCUT2D eigenvalue weighted by atomic mass is 10.1. The van der Waals surface area contributed by atoms with Crippen molar-refractivity contribution < 1.29 is 5.11 Å². The van der Waals surface area contributed by atoms with Crippen molar-refractivity contribution in [3.63, 3.8) is 0 Å². The first-order chi connectivity index (χ1) is 10.4. The number of aromatic nitrogens is 2. The molecule has 0 fully saturated rings. The van der Waals surface area contributed by atoms with Crippen molar-refractivity contribution in [3.8, 4) is 5.75 Å². The first kappa shape index (κ1) is 14.3. The molecule has 0 spiro atoms. The van der Waals surface area contributed by atoms with Crippen LogP contribution >= 0.6 is 0 Å². The Morgan fingerprint density at radius 2 is 1.91 bits per heavy atom. The summed E-state index contributed by atoms with van der Waals surface area (Å²) in [6.45, 7) is 6.45. The van der Waals surface area contributed by atoms with E-state index in [0.29, 0.717) is 5.56 Å². The van der Waals surface area contributed by atoms with Crippen LogP contribution in [0.3, 0.4) is 0 Å². The summed E-state index contributed by atoms with van der Waals surface area (Å²) in [6.07, 6.45) is 3.53. The van der Waals surface area contributed by atoms with Crippen LogP contribution < -0.4 is 0 Å². The third-order valence-corrected chi connectivity index (χ3v) is 3.54. The van der Waals surface area contributed by atoms with E-state index in [4.69, 9.17) is 0 Å². The van der Waals surface area contributed by atoms with Crippen LogP contribution in [-0.2, 0) is 5.54 Å². The first-order valence-electron chi connectivity index (χ1n) is 7.25. The molecule has 4 heteroatoms. The molecule has 0 saturated heterocycles. The SMILES string of the molecule is CC(C)(C)n1cnc2cc(N=Cc3ccccc3O)ccc21. The van der Waals surface area contributed by atoms with Gasteiger partial charge in [-0.05, 0) is 51.1 Å². The molecule has 0 unspecified atom stereocenters. The Kier molecular flexibility index (Phi) is 3.45. The lowest BCUT2D eigenvalue weighted by Gasteiger charge is -2.21. The zero-order chi connectivity index (χ0) is 15.7. The molecule has 112 valence electrons. The average Bonchev–Trinajstić information content (AvgIpc) is 2.89. The molecule has 0 radical (unpaired) electrons. The highest BCUT2D eigenvalue weighted by Crippen LogP contribution is 2.25. The summed E-state index contributed by atoms with van der Waals surface area (Å²) in [5, 5.41) is 9.75. The normalized spacial score (nSPS) is 12.3. The Morgan fingerprint density at radius 1 is 1.14 bits per heavy atom. The molecule has 1 aromatic heterocycles. The summed E-state index contributed by atoms with van der Waals surface area (Å²) in [5.41, 5.74) is 3.52. The second kappa shape index (κ2) is 5.30. The highest BCUT2D eigenvalue weighted by Gasteiger charge is 2.15. The van der Waals surface area contributed by atoms with E-state index in [1.807, 2.05) is 36.7 Å². The molecule has 1 N–H and O–H groups in total. The van der Waals surface area contributed by atoms with Crippen LogP contribution in [0.15, 0.2) is 53.8 Å². The largest absolute Gasteiger partial charge is 0.507 e. The molecule has 0 aliphatic rings. The zero-order valence-corrected chi connectivity index (χ0v) is 13.0.